The van der Waals surface area contributed by atoms with Gasteiger partial charge in [-0.25, -0.2) is 0 Å². The van der Waals surface area contributed by atoms with E-state index in [4.69, 9.17) is 0 Å². The van der Waals surface area contributed by atoms with Crippen molar-refractivity contribution in [3.63, 3.8) is 0 Å². The predicted octanol–water partition coefficient (Wildman–Crippen LogP) is 3.12. The van der Waals surface area contributed by atoms with Gasteiger partial charge in [-0.1, -0.05) is 33.1 Å². The Bertz CT molecular complexity index is 249. The van der Waals surface area contributed by atoms with Crippen LogP contribution in [0.5, 0.6) is 0 Å². The number of rotatable bonds is 5. The molecule has 2 fully saturated rings. The van der Waals surface area contributed by atoms with E-state index in [9.17, 15) is 0 Å². The van der Waals surface area contributed by atoms with Crippen LogP contribution in [0.1, 0.15) is 52.4 Å². The molecule has 0 bridgehead atoms. The molecule has 0 aromatic rings. The fourth-order valence-electron chi connectivity index (χ4n) is 3.61. The lowest BCUT2D eigenvalue weighted by molar-refractivity contribution is 0.252. The highest BCUT2D eigenvalue weighted by atomic mass is 32.2. The van der Waals surface area contributed by atoms with E-state index in [2.05, 4.69) is 42.1 Å². The minimum absolute atomic E-state index is 0.574. The summed E-state index contributed by atoms with van der Waals surface area (Å²) in [7, 11) is 0. The summed E-state index contributed by atoms with van der Waals surface area (Å²) in [5.41, 5.74) is 0. The van der Waals surface area contributed by atoms with Crippen molar-refractivity contribution in [2.75, 3.05) is 25.9 Å². The second-order valence-corrected chi connectivity index (χ2v) is 7.76. The highest BCUT2D eigenvalue weighted by Gasteiger charge is 2.35. The maximum Gasteiger partial charge on any atom is 0.0284 e. The number of likely N-dealkylation sites (tertiary alicyclic amines) is 1. The molecule has 1 unspecified atom stereocenters. The first-order chi connectivity index (χ1) is 8.63. The van der Waals surface area contributed by atoms with E-state index in [1.807, 2.05) is 0 Å². The van der Waals surface area contributed by atoms with Crippen LogP contribution >= 0.6 is 11.8 Å². The first kappa shape index (κ1) is 14.7. The van der Waals surface area contributed by atoms with E-state index < -0.39 is 0 Å². The number of nitrogens with zero attached hydrogens (tertiary/aromatic N) is 1. The third-order valence-corrected chi connectivity index (χ3v) is 5.95. The molecule has 0 aromatic heterocycles. The summed E-state index contributed by atoms with van der Waals surface area (Å²) >= 11 is 2.13. The highest BCUT2D eigenvalue weighted by Crippen LogP contribution is 2.39. The zero-order chi connectivity index (χ0) is 13.0. The fourth-order valence-corrected chi connectivity index (χ4v) is 4.62. The topological polar surface area (TPSA) is 15.3 Å². The molecule has 1 heterocycles. The molecule has 1 N–H and O–H groups in total. The molecule has 3 heteroatoms. The summed E-state index contributed by atoms with van der Waals surface area (Å²) in [6.45, 7) is 8.40. The minimum Gasteiger partial charge on any atom is -0.310 e. The smallest absolute Gasteiger partial charge is 0.0284 e. The fraction of sp³-hybridized carbons (Fsp3) is 1.00. The number of hydrogen-bond donors (Lipinski definition) is 1. The Morgan fingerprint density at radius 2 is 2.00 bits per heavy atom. The summed E-state index contributed by atoms with van der Waals surface area (Å²) in [6, 6.07) is 1.35. The highest BCUT2D eigenvalue weighted by molar-refractivity contribution is 8.00. The molecule has 1 saturated heterocycles. The lowest BCUT2D eigenvalue weighted by atomic mass is 9.88. The van der Waals surface area contributed by atoms with E-state index >= 15 is 0 Å². The Morgan fingerprint density at radius 3 is 2.61 bits per heavy atom. The van der Waals surface area contributed by atoms with E-state index in [0.29, 0.717) is 10.8 Å². The molecule has 18 heavy (non-hydrogen) atoms. The molecule has 0 aromatic carbocycles. The number of thioether (sulfide) groups is 1. The standard InChI is InChI=1S/C15H30N2S/c1-13(2)16-14-7-10-17(11-14)12-15(18-3)8-5-4-6-9-15/h13-14,16H,4-12H2,1-3H3. The zero-order valence-electron chi connectivity index (χ0n) is 12.4. The van der Waals surface area contributed by atoms with Gasteiger partial charge in [0.25, 0.3) is 0 Å². The van der Waals surface area contributed by atoms with Crippen LogP contribution in [0.25, 0.3) is 0 Å². The molecule has 1 atom stereocenters. The van der Waals surface area contributed by atoms with Crippen LogP contribution in [0.15, 0.2) is 0 Å². The molecular formula is C15H30N2S. The second-order valence-electron chi connectivity index (χ2n) is 6.49. The first-order valence-corrected chi connectivity index (χ1v) is 8.90. The van der Waals surface area contributed by atoms with Crippen molar-refractivity contribution in [2.24, 2.45) is 0 Å². The average molecular weight is 270 g/mol. The normalized spacial score (nSPS) is 29.0. The van der Waals surface area contributed by atoms with Crippen molar-refractivity contribution in [3.8, 4) is 0 Å². The monoisotopic (exact) mass is 270 g/mol. The molecule has 1 aliphatic carbocycles. The van der Waals surface area contributed by atoms with Gasteiger partial charge in [0, 0.05) is 29.9 Å². The van der Waals surface area contributed by atoms with E-state index in [-0.39, 0.29) is 0 Å². The molecule has 0 radical (unpaired) electrons. The van der Waals surface area contributed by atoms with Gasteiger partial charge in [-0.05, 0) is 32.1 Å². The van der Waals surface area contributed by atoms with Crippen LogP contribution in [0.4, 0.5) is 0 Å². The molecule has 2 rings (SSSR count). The van der Waals surface area contributed by atoms with E-state index in [1.54, 1.807) is 0 Å². The lowest BCUT2D eigenvalue weighted by Gasteiger charge is -2.39. The van der Waals surface area contributed by atoms with Crippen molar-refractivity contribution >= 4 is 11.8 Å². The van der Waals surface area contributed by atoms with Crippen molar-refractivity contribution in [1.29, 1.82) is 0 Å². The van der Waals surface area contributed by atoms with Gasteiger partial charge in [0.2, 0.25) is 0 Å². The van der Waals surface area contributed by atoms with E-state index in [0.717, 1.165) is 6.04 Å². The molecule has 2 aliphatic rings. The van der Waals surface area contributed by atoms with Crippen molar-refractivity contribution in [3.05, 3.63) is 0 Å². The summed E-state index contributed by atoms with van der Waals surface area (Å²) in [5, 5.41) is 3.69. The average Bonchev–Trinajstić information content (AvgIpc) is 2.76. The Kier molecular flexibility index (Phi) is 5.40. The van der Waals surface area contributed by atoms with Gasteiger partial charge < -0.3 is 10.2 Å². The summed E-state index contributed by atoms with van der Waals surface area (Å²) < 4.78 is 0.574. The van der Waals surface area contributed by atoms with Crippen molar-refractivity contribution < 1.29 is 0 Å². The van der Waals surface area contributed by atoms with Crippen LogP contribution in [0.3, 0.4) is 0 Å². The maximum absolute atomic E-state index is 3.69. The maximum atomic E-state index is 3.69. The second kappa shape index (κ2) is 6.62. The van der Waals surface area contributed by atoms with Gasteiger partial charge in [-0.2, -0.15) is 11.8 Å². The molecule has 1 saturated carbocycles. The van der Waals surface area contributed by atoms with Crippen LogP contribution in [-0.4, -0.2) is 47.6 Å². The van der Waals surface area contributed by atoms with Crippen LogP contribution in [0.2, 0.25) is 0 Å². The summed E-state index contributed by atoms with van der Waals surface area (Å²) in [4.78, 5) is 2.71. The summed E-state index contributed by atoms with van der Waals surface area (Å²) in [5.74, 6) is 0. The molecule has 0 amide bonds. The molecule has 1 aliphatic heterocycles. The van der Waals surface area contributed by atoms with Crippen LogP contribution < -0.4 is 5.32 Å². The van der Waals surface area contributed by atoms with Gasteiger partial charge in [-0.15, -0.1) is 0 Å². The van der Waals surface area contributed by atoms with Gasteiger partial charge in [0.15, 0.2) is 0 Å². The molecule has 2 nitrogen and oxygen atoms in total. The summed E-state index contributed by atoms with van der Waals surface area (Å²) in [6.07, 6.45) is 10.9. The number of hydrogen-bond acceptors (Lipinski definition) is 3. The van der Waals surface area contributed by atoms with Gasteiger partial charge in [0.1, 0.15) is 0 Å². The Hall–Kier alpha value is 0.270. The van der Waals surface area contributed by atoms with Gasteiger partial charge >= 0.3 is 0 Å². The first-order valence-electron chi connectivity index (χ1n) is 7.67. The zero-order valence-corrected chi connectivity index (χ0v) is 13.2. The van der Waals surface area contributed by atoms with Crippen LogP contribution in [0, 0.1) is 0 Å². The third kappa shape index (κ3) is 3.88. The Balaban J connectivity index is 1.82. The SMILES string of the molecule is CSC1(CN2CCC(NC(C)C)C2)CCCCC1. The van der Waals surface area contributed by atoms with Crippen molar-refractivity contribution in [2.45, 2.75) is 69.2 Å². The number of nitrogens with one attached hydrogen (secondary N) is 1. The largest absolute Gasteiger partial charge is 0.310 e. The molecule has 106 valence electrons. The Labute approximate surface area is 117 Å². The third-order valence-electron chi connectivity index (χ3n) is 4.55. The van der Waals surface area contributed by atoms with Crippen molar-refractivity contribution in [1.82, 2.24) is 10.2 Å². The van der Waals surface area contributed by atoms with Gasteiger partial charge in [-0.3, -0.25) is 0 Å². The lowest BCUT2D eigenvalue weighted by Crippen LogP contribution is -2.43. The molecular weight excluding hydrogens is 240 g/mol. The Morgan fingerprint density at radius 1 is 1.28 bits per heavy atom. The van der Waals surface area contributed by atoms with Gasteiger partial charge in [0.05, 0.1) is 0 Å². The minimum atomic E-state index is 0.574. The quantitative estimate of drug-likeness (QED) is 0.826. The molecule has 0 spiro atoms. The predicted molar refractivity (Wildman–Crippen MR) is 82.4 cm³/mol. The van der Waals surface area contributed by atoms with Crippen LogP contribution in [-0.2, 0) is 0 Å². The van der Waals surface area contributed by atoms with E-state index in [1.165, 1.54) is 58.2 Å².